The van der Waals surface area contributed by atoms with Crippen molar-refractivity contribution >= 4 is 34.3 Å². The number of alkyl halides is 1. The number of hydrogen-bond donors (Lipinski definition) is 2. The van der Waals surface area contributed by atoms with Crippen LogP contribution in [0.5, 0.6) is 0 Å². The number of Topliss-reactive ketones (excluding diaryl/α,β-unsaturated/α-hetero) is 1. The van der Waals surface area contributed by atoms with E-state index in [9.17, 15) is 9.59 Å². The van der Waals surface area contributed by atoms with Gasteiger partial charge < -0.3 is 0 Å². The summed E-state index contributed by atoms with van der Waals surface area (Å²) in [7, 11) is 0. The minimum absolute atomic E-state index is 0.0620. The van der Waals surface area contributed by atoms with Crippen LogP contribution in [0.2, 0.25) is 0 Å². The van der Waals surface area contributed by atoms with Gasteiger partial charge in [-0.15, -0.1) is 0 Å². The lowest BCUT2D eigenvalue weighted by Gasteiger charge is -2.12. The lowest BCUT2D eigenvalue weighted by molar-refractivity contribution is -0.131. The monoisotopic (exact) mass is 271 g/mol. The van der Waals surface area contributed by atoms with Gasteiger partial charge in [0.05, 0.1) is 0 Å². The topological polar surface area (TPSA) is 66.4 Å². The number of hydrogen-bond acceptors (Lipinski definition) is 3. The first-order valence-electron chi connectivity index (χ1n) is 3.09. The van der Waals surface area contributed by atoms with Gasteiger partial charge in [-0.3, -0.25) is 14.8 Å². The summed E-state index contributed by atoms with van der Waals surface area (Å²) in [5, 5.41) is 8.22. The van der Waals surface area contributed by atoms with E-state index in [2.05, 4.69) is 0 Å². The van der Waals surface area contributed by atoms with E-state index in [1.54, 1.807) is 6.92 Å². The van der Waals surface area contributed by atoms with Crippen LogP contribution < -0.4 is 5.48 Å². The molecule has 2 N–H and O–H groups in total. The van der Waals surface area contributed by atoms with E-state index >= 15 is 0 Å². The van der Waals surface area contributed by atoms with Crippen molar-refractivity contribution in [2.24, 2.45) is 5.92 Å². The van der Waals surface area contributed by atoms with Gasteiger partial charge >= 0.3 is 0 Å². The Bertz CT molecular complexity index is 171. The van der Waals surface area contributed by atoms with Crippen LogP contribution in [-0.2, 0) is 9.59 Å². The number of halogens is 1. The summed E-state index contributed by atoms with van der Waals surface area (Å²) in [5.41, 5.74) is 1.50. The molecule has 0 rings (SSSR count). The molecule has 0 aromatic heterocycles. The molecule has 0 saturated carbocycles. The van der Waals surface area contributed by atoms with E-state index in [0.717, 1.165) is 0 Å². The first kappa shape index (κ1) is 10.8. The molecule has 11 heavy (non-hydrogen) atoms. The van der Waals surface area contributed by atoms with E-state index in [0.29, 0.717) is 0 Å². The van der Waals surface area contributed by atoms with Crippen LogP contribution in [0.1, 0.15) is 13.8 Å². The highest BCUT2D eigenvalue weighted by Gasteiger charge is 2.24. The Kier molecular flexibility index (Phi) is 4.58. The molecule has 4 nitrogen and oxygen atoms in total. The maximum absolute atomic E-state index is 10.7. The summed E-state index contributed by atoms with van der Waals surface area (Å²) in [6, 6.07) is 0. The van der Waals surface area contributed by atoms with Gasteiger partial charge in [-0.05, 0) is 6.92 Å². The van der Waals surface area contributed by atoms with Crippen molar-refractivity contribution in [3.05, 3.63) is 0 Å². The summed E-state index contributed by atoms with van der Waals surface area (Å²) in [6.07, 6.45) is 0. The average Bonchev–Trinajstić information content (AvgIpc) is 2.00. The van der Waals surface area contributed by atoms with Gasteiger partial charge in [0, 0.05) is 5.92 Å². The van der Waals surface area contributed by atoms with E-state index < -0.39 is 9.83 Å². The highest BCUT2D eigenvalue weighted by Crippen LogP contribution is 2.13. The van der Waals surface area contributed by atoms with Crippen molar-refractivity contribution < 1.29 is 14.8 Å². The fourth-order valence-corrected chi connectivity index (χ4v) is 1.14. The molecule has 1 amide bonds. The second-order valence-corrected chi connectivity index (χ2v) is 3.62. The zero-order valence-electron chi connectivity index (χ0n) is 6.30. The van der Waals surface area contributed by atoms with E-state index in [1.807, 2.05) is 22.6 Å². The molecule has 0 aliphatic heterocycles. The molecule has 64 valence electrons. The molecule has 0 radical (unpaired) electrons. The molecule has 0 aliphatic rings. The standard InChI is InChI=1S/C6H10INO3/c1-3(4(2)9)5(7)6(10)8-11/h3,5,11H,1-2H3,(H,8,10). The predicted octanol–water partition coefficient (Wildman–Crippen LogP) is 0.520. The second kappa shape index (κ2) is 4.66. The predicted molar refractivity (Wildman–Crippen MR) is 47.6 cm³/mol. The number of amides is 1. The summed E-state index contributed by atoms with van der Waals surface area (Å²) in [6.45, 7) is 3.07. The lowest BCUT2D eigenvalue weighted by atomic mass is 10.0. The molecule has 0 spiro atoms. The van der Waals surface area contributed by atoms with Crippen LogP contribution in [0.25, 0.3) is 0 Å². The average molecular weight is 271 g/mol. The highest BCUT2D eigenvalue weighted by molar-refractivity contribution is 14.1. The maximum Gasteiger partial charge on any atom is 0.257 e. The van der Waals surface area contributed by atoms with Crippen molar-refractivity contribution in [1.82, 2.24) is 5.48 Å². The molecular weight excluding hydrogens is 261 g/mol. The number of rotatable bonds is 3. The Balaban J connectivity index is 4.12. The third-order valence-corrected chi connectivity index (χ3v) is 3.09. The Morgan fingerprint density at radius 3 is 2.27 bits per heavy atom. The van der Waals surface area contributed by atoms with Gasteiger partial charge in [0.25, 0.3) is 5.91 Å². The fraction of sp³-hybridized carbons (Fsp3) is 0.667. The minimum atomic E-state index is -0.534. The summed E-state index contributed by atoms with van der Waals surface area (Å²) < 4.78 is -0.505. The van der Waals surface area contributed by atoms with Gasteiger partial charge in [0.15, 0.2) is 0 Å². The van der Waals surface area contributed by atoms with Crippen LogP contribution in [0.3, 0.4) is 0 Å². The van der Waals surface area contributed by atoms with E-state index in [-0.39, 0.29) is 11.7 Å². The van der Waals surface area contributed by atoms with Gasteiger partial charge in [0.1, 0.15) is 9.71 Å². The van der Waals surface area contributed by atoms with Crippen LogP contribution in [0.4, 0.5) is 0 Å². The fourth-order valence-electron chi connectivity index (χ4n) is 0.495. The number of carbonyl (C=O) groups is 2. The molecule has 0 aromatic rings. The molecule has 0 aromatic carbocycles. The third kappa shape index (κ3) is 3.15. The van der Waals surface area contributed by atoms with Crippen molar-refractivity contribution in [2.45, 2.75) is 17.8 Å². The SMILES string of the molecule is CC(=O)C(C)C(I)C(=O)NO. The van der Waals surface area contributed by atoms with Crippen LogP contribution >= 0.6 is 22.6 Å². The van der Waals surface area contributed by atoms with Gasteiger partial charge in [-0.25, -0.2) is 5.48 Å². The Hall–Kier alpha value is -0.170. The zero-order valence-corrected chi connectivity index (χ0v) is 8.45. The van der Waals surface area contributed by atoms with Gasteiger partial charge in [-0.2, -0.15) is 0 Å². The molecular formula is C6H10INO3. The van der Waals surface area contributed by atoms with E-state index in [1.165, 1.54) is 12.4 Å². The summed E-state index contributed by atoms with van der Waals surface area (Å²) >= 11 is 1.82. The van der Waals surface area contributed by atoms with Gasteiger partial charge in [0.2, 0.25) is 0 Å². The summed E-state index contributed by atoms with van der Waals surface area (Å²) in [5.74, 6) is -0.955. The van der Waals surface area contributed by atoms with Gasteiger partial charge in [-0.1, -0.05) is 29.5 Å². The Labute approximate surface area is 78.4 Å². The molecule has 2 atom stereocenters. The number of carbonyl (C=O) groups excluding carboxylic acids is 2. The Morgan fingerprint density at radius 2 is 2.00 bits per heavy atom. The van der Waals surface area contributed by atoms with Crippen LogP contribution in [0, 0.1) is 5.92 Å². The first-order valence-corrected chi connectivity index (χ1v) is 4.33. The number of ketones is 1. The zero-order chi connectivity index (χ0) is 9.02. The molecule has 2 unspecified atom stereocenters. The molecule has 0 fully saturated rings. The smallest absolute Gasteiger partial charge is 0.257 e. The molecule has 0 aliphatic carbocycles. The lowest BCUT2D eigenvalue weighted by Crippen LogP contribution is -2.34. The normalized spacial score (nSPS) is 15.3. The largest absolute Gasteiger partial charge is 0.300 e. The quantitative estimate of drug-likeness (QED) is 0.340. The van der Waals surface area contributed by atoms with E-state index in [4.69, 9.17) is 5.21 Å². The highest BCUT2D eigenvalue weighted by atomic mass is 127. The molecule has 0 saturated heterocycles. The number of hydroxylamine groups is 1. The maximum atomic E-state index is 10.7. The first-order chi connectivity index (χ1) is 5.00. The van der Waals surface area contributed by atoms with Crippen LogP contribution in [0.15, 0.2) is 0 Å². The minimum Gasteiger partial charge on any atom is -0.300 e. The van der Waals surface area contributed by atoms with Crippen molar-refractivity contribution in [3.8, 4) is 0 Å². The third-order valence-electron chi connectivity index (χ3n) is 1.44. The molecule has 5 heteroatoms. The van der Waals surface area contributed by atoms with Crippen molar-refractivity contribution in [2.75, 3.05) is 0 Å². The second-order valence-electron chi connectivity index (χ2n) is 2.28. The Morgan fingerprint density at radius 1 is 1.55 bits per heavy atom. The molecule has 0 heterocycles. The number of nitrogens with one attached hydrogen (secondary N) is 1. The summed E-state index contributed by atoms with van der Waals surface area (Å²) in [4.78, 5) is 21.5. The van der Waals surface area contributed by atoms with Crippen molar-refractivity contribution in [3.63, 3.8) is 0 Å². The van der Waals surface area contributed by atoms with Crippen LogP contribution in [-0.4, -0.2) is 20.8 Å². The molecule has 0 bridgehead atoms. The van der Waals surface area contributed by atoms with Crippen molar-refractivity contribution in [1.29, 1.82) is 0 Å².